The molecule has 20 heavy (non-hydrogen) atoms. The lowest BCUT2D eigenvalue weighted by molar-refractivity contribution is 0.0457. The average molecular weight is 274 g/mol. The van der Waals surface area contributed by atoms with Crippen LogP contribution < -0.4 is 5.73 Å². The molecule has 0 radical (unpaired) electrons. The molecule has 0 aliphatic rings. The quantitative estimate of drug-likeness (QED) is 0.665. The van der Waals surface area contributed by atoms with Crippen molar-refractivity contribution in [3.8, 4) is 0 Å². The van der Waals surface area contributed by atoms with Gasteiger partial charge in [-0.25, -0.2) is 14.5 Å². The highest BCUT2D eigenvalue weighted by molar-refractivity contribution is 5.96. The number of hydrogen-bond acceptors (Lipinski definition) is 5. The van der Waals surface area contributed by atoms with Crippen molar-refractivity contribution in [1.29, 1.82) is 0 Å². The van der Waals surface area contributed by atoms with Gasteiger partial charge in [0, 0.05) is 12.2 Å². The number of aryl methyl sites for hydroxylation is 2. The van der Waals surface area contributed by atoms with Gasteiger partial charge in [0.15, 0.2) is 12.4 Å². The van der Waals surface area contributed by atoms with E-state index in [0.29, 0.717) is 17.1 Å². The molecule has 0 saturated heterocycles. The number of nitrogen functional groups attached to an aromatic ring is 1. The summed E-state index contributed by atoms with van der Waals surface area (Å²) in [5.41, 5.74) is 7.44. The Morgan fingerprint density at radius 1 is 1.45 bits per heavy atom. The van der Waals surface area contributed by atoms with Crippen molar-refractivity contribution in [3.63, 3.8) is 0 Å². The van der Waals surface area contributed by atoms with Crippen LogP contribution in [0.4, 0.5) is 5.69 Å². The van der Waals surface area contributed by atoms with Gasteiger partial charge in [-0.15, -0.1) is 0 Å². The van der Waals surface area contributed by atoms with Crippen LogP contribution in [0.2, 0.25) is 0 Å². The molecule has 0 spiro atoms. The van der Waals surface area contributed by atoms with Gasteiger partial charge < -0.3 is 10.5 Å². The number of carbonyl (C=O) groups is 1. The number of nitrogens with zero attached hydrogens (tertiary/aromatic N) is 3. The highest BCUT2D eigenvalue weighted by Crippen LogP contribution is 2.17. The van der Waals surface area contributed by atoms with Crippen molar-refractivity contribution >= 4 is 11.7 Å². The Labute approximate surface area is 117 Å². The Morgan fingerprint density at radius 3 is 2.95 bits per heavy atom. The Hall–Kier alpha value is -2.37. The maximum Gasteiger partial charge on any atom is 0.340 e. The summed E-state index contributed by atoms with van der Waals surface area (Å²) in [6.07, 6.45) is 2.40. The largest absolute Gasteiger partial charge is 0.454 e. The average Bonchev–Trinajstić information content (AvgIpc) is 2.84. The molecular weight excluding hydrogens is 256 g/mol. The highest BCUT2D eigenvalue weighted by atomic mass is 16.5. The van der Waals surface area contributed by atoms with Crippen LogP contribution in [0.3, 0.4) is 0 Å². The summed E-state index contributed by atoms with van der Waals surface area (Å²) in [4.78, 5) is 16.2. The molecule has 106 valence electrons. The van der Waals surface area contributed by atoms with Gasteiger partial charge in [0.25, 0.3) is 0 Å². The van der Waals surface area contributed by atoms with E-state index in [1.807, 2.05) is 19.9 Å². The number of hydrogen-bond donors (Lipinski definition) is 1. The number of benzene rings is 1. The van der Waals surface area contributed by atoms with E-state index >= 15 is 0 Å². The summed E-state index contributed by atoms with van der Waals surface area (Å²) in [7, 11) is 0. The van der Waals surface area contributed by atoms with Crippen LogP contribution in [0.5, 0.6) is 0 Å². The van der Waals surface area contributed by atoms with Crippen LogP contribution in [-0.2, 0) is 17.9 Å². The summed E-state index contributed by atoms with van der Waals surface area (Å²) >= 11 is 0. The number of esters is 1. The summed E-state index contributed by atoms with van der Waals surface area (Å²) < 4.78 is 7.01. The van der Waals surface area contributed by atoms with Crippen molar-refractivity contribution in [3.05, 3.63) is 41.5 Å². The molecule has 2 rings (SSSR count). The van der Waals surface area contributed by atoms with Gasteiger partial charge in [-0.1, -0.05) is 19.1 Å². The highest BCUT2D eigenvalue weighted by Gasteiger charge is 2.15. The molecule has 1 aromatic heterocycles. The monoisotopic (exact) mass is 274 g/mol. The van der Waals surface area contributed by atoms with Crippen molar-refractivity contribution in [2.45, 2.75) is 33.4 Å². The zero-order valence-corrected chi connectivity index (χ0v) is 11.7. The first-order chi connectivity index (χ1) is 9.63. The molecule has 0 aliphatic heterocycles. The minimum Gasteiger partial charge on any atom is -0.454 e. The van der Waals surface area contributed by atoms with Crippen LogP contribution in [0, 0.1) is 6.92 Å². The molecule has 6 nitrogen and oxygen atoms in total. The van der Waals surface area contributed by atoms with E-state index in [9.17, 15) is 4.79 Å². The fraction of sp³-hybridized carbons (Fsp3) is 0.357. The fourth-order valence-electron chi connectivity index (χ4n) is 1.97. The van der Waals surface area contributed by atoms with Gasteiger partial charge in [-0.3, -0.25) is 0 Å². The number of nitrogens with two attached hydrogens (primary N) is 1. The van der Waals surface area contributed by atoms with E-state index in [-0.39, 0.29) is 6.61 Å². The third kappa shape index (κ3) is 2.96. The molecule has 0 saturated carbocycles. The standard InChI is InChI=1S/C14H18N4O2/c1-3-7-18-12(16-9-17-18)8-20-14(19)13-10(2)5-4-6-11(13)15/h4-6,9H,3,7-8,15H2,1-2H3. The first kappa shape index (κ1) is 14.0. The molecular formula is C14H18N4O2. The second-order valence-corrected chi connectivity index (χ2v) is 4.51. The number of carbonyl (C=O) groups excluding carboxylic acids is 1. The van der Waals surface area contributed by atoms with Crippen molar-refractivity contribution < 1.29 is 9.53 Å². The number of anilines is 1. The van der Waals surface area contributed by atoms with Crippen molar-refractivity contribution in [2.75, 3.05) is 5.73 Å². The molecule has 2 aromatic rings. The van der Waals surface area contributed by atoms with E-state index in [0.717, 1.165) is 18.5 Å². The van der Waals surface area contributed by atoms with Gasteiger partial charge >= 0.3 is 5.97 Å². The predicted molar refractivity (Wildman–Crippen MR) is 75.0 cm³/mol. The Balaban J connectivity index is 2.07. The van der Waals surface area contributed by atoms with Gasteiger partial charge in [-0.05, 0) is 25.0 Å². The van der Waals surface area contributed by atoms with Crippen LogP contribution in [0.15, 0.2) is 24.5 Å². The molecule has 0 bridgehead atoms. The second kappa shape index (κ2) is 6.18. The lowest BCUT2D eigenvalue weighted by Crippen LogP contribution is -2.13. The zero-order valence-electron chi connectivity index (χ0n) is 11.7. The molecule has 0 unspecified atom stereocenters. The summed E-state index contributed by atoms with van der Waals surface area (Å²) in [6.45, 7) is 4.71. The molecule has 0 aliphatic carbocycles. The number of rotatable bonds is 5. The smallest absolute Gasteiger partial charge is 0.340 e. The molecule has 1 aromatic carbocycles. The minimum atomic E-state index is -0.438. The van der Waals surface area contributed by atoms with Crippen LogP contribution in [0.1, 0.15) is 35.1 Å². The zero-order chi connectivity index (χ0) is 14.5. The van der Waals surface area contributed by atoms with Crippen molar-refractivity contribution in [1.82, 2.24) is 14.8 Å². The summed E-state index contributed by atoms with van der Waals surface area (Å²) in [6, 6.07) is 5.31. The van der Waals surface area contributed by atoms with Crippen LogP contribution >= 0.6 is 0 Å². The summed E-state index contributed by atoms with van der Waals surface area (Å²) in [5, 5.41) is 4.08. The molecule has 0 fully saturated rings. The van der Waals surface area contributed by atoms with E-state index in [2.05, 4.69) is 10.1 Å². The van der Waals surface area contributed by atoms with Gasteiger partial charge in [0.2, 0.25) is 0 Å². The number of aromatic nitrogens is 3. The van der Waals surface area contributed by atoms with Crippen LogP contribution in [-0.4, -0.2) is 20.7 Å². The molecule has 0 amide bonds. The van der Waals surface area contributed by atoms with Gasteiger partial charge in [-0.2, -0.15) is 5.10 Å². The SMILES string of the molecule is CCCn1ncnc1COC(=O)c1c(C)cccc1N. The first-order valence-electron chi connectivity index (χ1n) is 6.52. The topological polar surface area (TPSA) is 83.0 Å². The van der Waals surface area contributed by atoms with Gasteiger partial charge in [0.05, 0.1) is 5.56 Å². The minimum absolute atomic E-state index is 0.0899. The predicted octanol–water partition coefficient (Wildman–Crippen LogP) is 1.94. The summed E-state index contributed by atoms with van der Waals surface area (Å²) in [5.74, 6) is 0.194. The van der Waals surface area contributed by atoms with Crippen molar-refractivity contribution in [2.24, 2.45) is 0 Å². The molecule has 0 atom stereocenters. The van der Waals surface area contributed by atoms with Gasteiger partial charge in [0.1, 0.15) is 6.33 Å². The maximum absolute atomic E-state index is 12.1. The Bertz CT molecular complexity index is 587. The van der Waals surface area contributed by atoms with E-state index < -0.39 is 5.97 Å². The molecule has 2 N–H and O–H groups in total. The Kier molecular flexibility index (Phi) is 4.34. The second-order valence-electron chi connectivity index (χ2n) is 4.51. The molecule has 1 heterocycles. The lowest BCUT2D eigenvalue weighted by Gasteiger charge is -2.09. The normalized spacial score (nSPS) is 10.5. The van der Waals surface area contributed by atoms with Crippen LogP contribution in [0.25, 0.3) is 0 Å². The van der Waals surface area contributed by atoms with E-state index in [1.54, 1.807) is 16.8 Å². The maximum atomic E-state index is 12.1. The Morgan fingerprint density at radius 2 is 2.25 bits per heavy atom. The first-order valence-corrected chi connectivity index (χ1v) is 6.52. The van der Waals surface area contributed by atoms with E-state index in [4.69, 9.17) is 10.5 Å². The lowest BCUT2D eigenvalue weighted by atomic mass is 10.1. The molecule has 6 heteroatoms. The van der Waals surface area contributed by atoms with E-state index in [1.165, 1.54) is 6.33 Å². The number of ether oxygens (including phenoxy) is 1. The third-order valence-corrected chi connectivity index (χ3v) is 2.97. The fourth-order valence-corrected chi connectivity index (χ4v) is 1.97. The third-order valence-electron chi connectivity index (χ3n) is 2.97.